The number of hydrogen-bond donors (Lipinski definition) is 0. The maximum Gasteiger partial charge on any atom is 0.238 e. The molecule has 664 valence electrons. The molecule has 0 spiro atoms. The van der Waals surface area contributed by atoms with Crippen LogP contribution in [0.25, 0.3) is 261 Å². The summed E-state index contributed by atoms with van der Waals surface area (Å²) in [5.74, 6) is 3.16. The van der Waals surface area contributed by atoms with E-state index in [-0.39, 0.29) is 0 Å². The topological polar surface area (TPSA) is 128 Å². The van der Waals surface area contributed by atoms with Crippen LogP contribution in [0.2, 0.25) is 0 Å². The highest BCUT2D eigenvalue weighted by atomic mass is 16.3. The summed E-state index contributed by atoms with van der Waals surface area (Å²) in [6, 6.07) is 174. The number of benzene rings is 20. The molecule has 0 fully saturated rings. The average molecular weight is 1820 g/mol. The maximum absolute atomic E-state index is 6.45. The molecule has 0 aliphatic rings. The van der Waals surface area contributed by atoms with Gasteiger partial charge in [0.1, 0.15) is 11.2 Å². The molecule has 0 bridgehead atoms. The van der Waals surface area contributed by atoms with Crippen LogP contribution in [-0.4, -0.2) is 57.7 Å². The lowest BCUT2D eigenvalue weighted by Gasteiger charge is -2.12. The third-order valence-electron chi connectivity index (χ3n) is 27.5. The Bertz CT molecular complexity index is 9870. The molecule has 0 unspecified atom stereocenters. The second kappa shape index (κ2) is 34.5. The van der Waals surface area contributed by atoms with Gasteiger partial charge in [-0.2, -0.15) is 9.97 Å². The van der Waals surface area contributed by atoms with Crippen LogP contribution in [0.5, 0.6) is 0 Å². The Morgan fingerprint density at radius 1 is 0.162 bits per heavy atom. The van der Waals surface area contributed by atoms with Crippen LogP contribution in [0.3, 0.4) is 0 Å². The summed E-state index contributed by atoms with van der Waals surface area (Å²) >= 11 is 0. The van der Waals surface area contributed by atoms with Gasteiger partial charge >= 0.3 is 0 Å². The first-order valence-corrected chi connectivity index (χ1v) is 47.8. The van der Waals surface area contributed by atoms with Crippen molar-refractivity contribution >= 4 is 142 Å². The first-order chi connectivity index (χ1) is 70.4. The second-order valence-corrected chi connectivity index (χ2v) is 35.8. The first kappa shape index (κ1) is 82.1. The molecule has 13 nitrogen and oxygen atoms in total. The van der Waals surface area contributed by atoms with Crippen molar-refractivity contribution in [2.45, 2.75) is 0 Å². The molecule has 0 aliphatic carbocycles. The Morgan fingerprint density at radius 3 is 0.972 bits per heavy atom. The van der Waals surface area contributed by atoms with Crippen molar-refractivity contribution in [3.8, 4) is 119 Å². The standard InChI is InChI=1S/C50H32N4.C45H29N5.C34H21N3O/c1-3-14-33(15-4-1)35-18-13-19-38(30-35)53-45-24-11-8-20-39(45)42-31-36(26-28-47(42)53)37-27-29-48-43(32-37)40-21-9-12-25-46(40)54(48)50-51-44-23-10-7-22-41(44)49(52-50)34-16-5-2-6-17-34;1-4-14-30(15-5-1)43-46-44(31-16-6-2-7-17-31)48-45(47-43)50-40-23-13-11-21-36(40)38-29-33(25-27-42(38)50)32-24-26-41-37(28-32)35-20-10-12-22-39(35)49(41)34-18-8-3-9-19-34;1-3-11-22(12-4-1)27-21-28(23-13-5-2-6-14-23)36-34(35-27)37-29-17-9-7-16-26(29)32-30(37)20-19-25-24-15-8-10-18-31(24)38-33(25)32/h1-32H;1-29H;1-21H. The van der Waals surface area contributed by atoms with E-state index in [1.165, 1.54) is 82.2 Å². The Balaban J connectivity index is 0.000000108. The predicted octanol–water partition coefficient (Wildman–Crippen LogP) is 32.7. The van der Waals surface area contributed by atoms with Crippen molar-refractivity contribution in [1.29, 1.82) is 0 Å². The van der Waals surface area contributed by atoms with Gasteiger partial charge in [0.05, 0.1) is 83.2 Å². The molecule has 0 aliphatic heterocycles. The summed E-state index contributed by atoms with van der Waals surface area (Å²) in [5, 5.41) is 15.0. The fourth-order valence-electron chi connectivity index (χ4n) is 21.0. The SMILES string of the molecule is c1ccc(-c2cc(-c3ccccc3)nc(-n3c4ccccc4c4c5oc6ccccc6c5ccc43)n2)cc1.c1ccc(-c2cccc(-n3c4ccccc4c4cc(-c5ccc6c(c5)c5ccccc5n6-c5nc(-c6ccccc6)c6ccccc6n5)ccc43)c2)cc1.c1ccc(-c2nc(-c3ccccc3)nc(-n3c4ccccc4c4cc(-c5ccc6c(c5)c5ccccc5n6-c5ccccc5)ccc43)n2)cc1. The number of para-hydroxylation sites is 8. The van der Waals surface area contributed by atoms with E-state index in [4.69, 9.17) is 39.3 Å². The molecule has 20 aromatic carbocycles. The zero-order chi connectivity index (χ0) is 93.7. The molecule has 0 N–H and O–H groups in total. The molecule has 9 heterocycles. The number of nitrogens with zero attached hydrogens (tertiary/aromatic N) is 12. The molecule has 0 amide bonds. The summed E-state index contributed by atoms with van der Waals surface area (Å²) in [5.41, 5.74) is 30.9. The lowest BCUT2D eigenvalue weighted by molar-refractivity contribution is 0.673. The van der Waals surface area contributed by atoms with E-state index in [1.54, 1.807) is 0 Å². The molecular formula is C129H82N12O. The summed E-state index contributed by atoms with van der Waals surface area (Å²) in [4.78, 5) is 35.7. The van der Waals surface area contributed by atoms with Crippen LogP contribution in [0.15, 0.2) is 502 Å². The lowest BCUT2D eigenvalue weighted by atomic mass is 10.0. The molecule has 13 heteroatoms. The molecule has 29 rings (SSSR count). The van der Waals surface area contributed by atoms with Gasteiger partial charge in [0.15, 0.2) is 11.6 Å². The van der Waals surface area contributed by atoms with Gasteiger partial charge in [0.25, 0.3) is 0 Å². The van der Waals surface area contributed by atoms with E-state index in [9.17, 15) is 0 Å². The molecule has 29 aromatic rings. The zero-order valence-electron chi connectivity index (χ0n) is 76.6. The molecule has 0 atom stereocenters. The number of furan rings is 1. The summed E-state index contributed by atoms with van der Waals surface area (Å²) < 4.78 is 17.8. The molecule has 9 aromatic heterocycles. The average Bonchev–Trinajstić information content (AvgIpc) is 1.58. The van der Waals surface area contributed by atoms with E-state index in [1.807, 2.05) is 121 Å². The fraction of sp³-hybridized carbons (Fsp3) is 0. The minimum atomic E-state index is 0.590. The van der Waals surface area contributed by atoms with Crippen molar-refractivity contribution in [2.75, 3.05) is 0 Å². The normalized spacial score (nSPS) is 11.7. The predicted molar refractivity (Wildman–Crippen MR) is 584 cm³/mol. The van der Waals surface area contributed by atoms with E-state index < -0.39 is 0 Å². The van der Waals surface area contributed by atoms with Gasteiger partial charge < -0.3 is 13.6 Å². The van der Waals surface area contributed by atoms with Gasteiger partial charge in [0.2, 0.25) is 17.8 Å². The highest BCUT2D eigenvalue weighted by Gasteiger charge is 2.26. The van der Waals surface area contributed by atoms with Gasteiger partial charge in [-0.15, -0.1) is 0 Å². The van der Waals surface area contributed by atoms with E-state index in [0.717, 1.165) is 149 Å². The van der Waals surface area contributed by atoms with Crippen molar-refractivity contribution in [3.63, 3.8) is 0 Å². The first-order valence-electron chi connectivity index (χ1n) is 47.8. The third-order valence-corrected chi connectivity index (χ3v) is 27.5. The number of aromatic nitrogens is 12. The van der Waals surface area contributed by atoms with Crippen molar-refractivity contribution < 1.29 is 4.42 Å². The van der Waals surface area contributed by atoms with E-state index >= 15 is 0 Å². The van der Waals surface area contributed by atoms with Gasteiger partial charge in [-0.1, -0.05) is 364 Å². The highest BCUT2D eigenvalue weighted by Crippen LogP contribution is 2.46. The Kier molecular flexibility index (Phi) is 19.9. The molecular weight excluding hydrogens is 1730 g/mol. The lowest BCUT2D eigenvalue weighted by Crippen LogP contribution is -2.06. The van der Waals surface area contributed by atoms with Gasteiger partial charge in [-0.25, -0.2) is 24.9 Å². The van der Waals surface area contributed by atoms with Gasteiger partial charge in [-0.3, -0.25) is 13.7 Å². The number of fused-ring (bicyclic) bond motifs is 20. The van der Waals surface area contributed by atoms with Crippen LogP contribution in [0.4, 0.5) is 0 Å². The Labute approximate surface area is 815 Å². The maximum atomic E-state index is 6.45. The fourth-order valence-corrected chi connectivity index (χ4v) is 21.0. The van der Waals surface area contributed by atoms with E-state index in [2.05, 4.69) is 399 Å². The minimum Gasteiger partial charge on any atom is -0.455 e. The molecule has 0 radical (unpaired) electrons. The summed E-state index contributed by atoms with van der Waals surface area (Å²) in [6.07, 6.45) is 0. The van der Waals surface area contributed by atoms with Crippen molar-refractivity contribution in [3.05, 3.63) is 497 Å². The van der Waals surface area contributed by atoms with Crippen LogP contribution >= 0.6 is 0 Å². The number of rotatable bonds is 13. The second-order valence-electron chi connectivity index (χ2n) is 35.8. The third kappa shape index (κ3) is 14.2. The van der Waals surface area contributed by atoms with Crippen LogP contribution in [-0.2, 0) is 0 Å². The zero-order valence-corrected chi connectivity index (χ0v) is 76.6. The van der Waals surface area contributed by atoms with Gasteiger partial charge in [0, 0.05) is 104 Å². The smallest absolute Gasteiger partial charge is 0.238 e. The minimum absolute atomic E-state index is 0.590. The largest absolute Gasteiger partial charge is 0.455 e. The van der Waals surface area contributed by atoms with Crippen LogP contribution in [0.1, 0.15) is 0 Å². The van der Waals surface area contributed by atoms with Crippen molar-refractivity contribution in [1.82, 2.24) is 57.7 Å². The number of hydrogen-bond acceptors (Lipinski definition) is 8. The quantitative estimate of drug-likeness (QED) is 0.112. The molecule has 142 heavy (non-hydrogen) atoms. The monoisotopic (exact) mass is 1810 g/mol. The van der Waals surface area contributed by atoms with Crippen LogP contribution < -0.4 is 0 Å². The molecule has 0 saturated carbocycles. The Hall–Kier alpha value is -19.4. The molecule has 0 saturated heterocycles. The van der Waals surface area contributed by atoms with Gasteiger partial charge in [-0.05, 0) is 167 Å². The highest BCUT2D eigenvalue weighted by molar-refractivity contribution is 6.24. The van der Waals surface area contributed by atoms with E-state index in [0.29, 0.717) is 29.5 Å². The summed E-state index contributed by atoms with van der Waals surface area (Å²) in [7, 11) is 0. The van der Waals surface area contributed by atoms with Crippen LogP contribution in [0, 0.1) is 0 Å². The van der Waals surface area contributed by atoms with Crippen molar-refractivity contribution in [2.24, 2.45) is 0 Å². The Morgan fingerprint density at radius 2 is 0.486 bits per heavy atom. The summed E-state index contributed by atoms with van der Waals surface area (Å²) in [6.45, 7) is 0.